The van der Waals surface area contributed by atoms with Crippen LogP contribution in [0.4, 0.5) is 0 Å². The molecule has 0 saturated carbocycles. The molecule has 0 aromatic rings. The van der Waals surface area contributed by atoms with Crippen LogP contribution in [-0.4, -0.2) is 37.4 Å². The average molecular weight is 242 g/mol. The van der Waals surface area contributed by atoms with Gasteiger partial charge in [-0.3, -0.25) is 5.43 Å². The van der Waals surface area contributed by atoms with Crippen molar-refractivity contribution in [3.8, 4) is 0 Å². The van der Waals surface area contributed by atoms with E-state index in [0.29, 0.717) is 12.1 Å². The van der Waals surface area contributed by atoms with Gasteiger partial charge in [0.25, 0.3) is 0 Å². The predicted molar refractivity (Wildman–Crippen MR) is 72.9 cm³/mol. The Balaban J connectivity index is 2.31. The van der Waals surface area contributed by atoms with Gasteiger partial charge in [0.15, 0.2) is 0 Å². The molecule has 102 valence electrons. The number of nitrogens with zero attached hydrogens (tertiary/aromatic N) is 1. The molecule has 1 aliphatic rings. The summed E-state index contributed by atoms with van der Waals surface area (Å²) in [5.74, 6) is 0.749. The van der Waals surface area contributed by atoms with E-state index in [-0.39, 0.29) is 0 Å². The predicted octanol–water partition coefficient (Wildman–Crippen LogP) is 2.82. The molecule has 0 bridgehead atoms. The molecule has 17 heavy (non-hydrogen) atoms. The normalized spacial score (nSPS) is 25.1. The van der Waals surface area contributed by atoms with Crippen LogP contribution in [0.25, 0.3) is 0 Å². The van der Waals surface area contributed by atoms with Gasteiger partial charge in [-0.15, -0.1) is 0 Å². The van der Waals surface area contributed by atoms with Crippen LogP contribution in [0, 0.1) is 5.92 Å². The molecule has 1 rings (SSSR count). The van der Waals surface area contributed by atoms with Crippen molar-refractivity contribution in [3.63, 3.8) is 0 Å². The molecule has 0 radical (unpaired) electrons. The molecule has 0 aliphatic carbocycles. The smallest absolute Gasteiger partial charge is 0.0632 e. The zero-order chi connectivity index (χ0) is 12.7. The molecule has 0 aromatic heterocycles. The molecule has 3 atom stereocenters. The lowest BCUT2D eigenvalue weighted by atomic mass is 9.98. The van der Waals surface area contributed by atoms with Crippen molar-refractivity contribution in [2.75, 3.05) is 20.3 Å². The minimum absolute atomic E-state index is 0.569. The first-order valence-electron chi connectivity index (χ1n) is 7.20. The van der Waals surface area contributed by atoms with Gasteiger partial charge in [-0.2, -0.15) is 0 Å². The lowest BCUT2D eigenvalue weighted by Gasteiger charge is -2.31. The highest BCUT2D eigenvalue weighted by Crippen LogP contribution is 2.18. The summed E-state index contributed by atoms with van der Waals surface area (Å²) in [6.45, 7) is 8.94. The third-order valence-electron chi connectivity index (χ3n) is 3.97. The second-order valence-corrected chi connectivity index (χ2v) is 5.48. The number of nitrogens with one attached hydrogen (secondary N) is 1. The van der Waals surface area contributed by atoms with E-state index in [4.69, 9.17) is 4.74 Å². The van der Waals surface area contributed by atoms with E-state index in [0.717, 1.165) is 12.5 Å². The first-order valence-corrected chi connectivity index (χ1v) is 7.20. The second-order valence-electron chi connectivity index (χ2n) is 5.48. The van der Waals surface area contributed by atoms with Crippen molar-refractivity contribution < 1.29 is 4.74 Å². The van der Waals surface area contributed by atoms with Crippen molar-refractivity contribution in [1.29, 1.82) is 0 Å². The van der Waals surface area contributed by atoms with E-state index in [1.54, 1.807) is 7.11 Å². The van der Waals surface area contributed by atoms with Gasteiger partial charge < -0.3 is 4.74 Å². The van der Waals surface area contributed by atoms with E-state index < -0.39 is 0 Å². The van der Waals surface area contributed by atoms with Gasteiger partial charge in [-0.05, 0) is 32.1 Å². The van der Waals surface area contributed by atoms with E-state index >= 15 is 0 Å². The molecular weight excluding hydrogens is 212 g/mol. The van der Waals surface area contributed by atoms with Crippen molar-refractivity contribution in [1.82, 2.24) is 10.4 Å². The van der Waals surface area contributed by atoms with Gasteiger partial charge in [0.1, 0.15) is 0 Å². The van der Waals surface area contributed by atoms with Gasteiger partial charge >= 0.3 is 0 Å². The van der Waals surface area contributed by atoms with Crippen LogP contribution < -0.4 is 5.43 Å². The Morgan fingerprint density at radius 2 is 2.18 bits per heavy atom. The topological polar surface area (TPSA) is 24.5 Å². The van der Waals surface area contributed by atoms with E-state index in [2.05, 4.69) is 31.2 Å². The molecule has 3 heteroatoms. The number of hydrogen-bond donors (Lipinski definition) is 1. The molecule has 1 heterocycles. The summed E-state index contributed by atoms with van der Waals surface area (Å²) < 4.78 is 5.28. The number of methoxy groups -OCH3 is 1. The van der Waals surface area contributed by atoms with Crippen molar-refractivity contribution in [2.24, 2.45) is 5.92 Å². The van der Waals surface area contributed by atoms with Gasteiger partial charge in [0.2, 0.25) is 0 Å². The quantitative estimate of drug-likeness (QED) is 0.708. The summed E-state index contributed by atoms with van der Waals surface area (Å²) >= 11 is 0. The highest BCUT2D eigenvalue weighted by Gasteiger charge is 2.26. The molecule has 1 saturated heterocycles. The summed E-state index contributed by atoms with van der Waals surface area (Å²) in [5, 5.41) is 2.40. The Hall–Kier alpha value is -0.120. The lowest BCUT2D eigenvalue weighted by Crippen LogP contribution is -2.49. The Morgan fingerprint density at radius 3 is 2.82 bits per heavy atom. The fourth-order valence-corrected chi connectivity index (χ4v) is 2.54. The molecule has 1 aliphatic heterocycles. The van der Waals surface area contributed by atoms with E-state index in [1.165, 1.54) is 38.6 Å². The highest BCUT2D eigenvalue weighted by atomic mass is 16.5. The number of rotatable bonds is 8. The average Bonchev–Trinajstić information content (AvgIpc) is 2.74. The molecule has 0 unspecified atom stereocenters. The maximum Gasteiger partial charge on any atom is 0.0632 e. The number of hydrazine groups is 1. The zero-order valence-electron chi connectivity index (χ0n) is 12.0. The zero-order valence-corrected chi connectivity index (χ0v) is 12.0. The SMILES string of the molecule is CCCC[C@@H](C)[C@@H](C)NN1CCC[C@H]1COC. The number of unbranched alkanes of at least 4 members (excludes halogenated alkanes) is 1. The molecule has 3 nitrogen and oxygen atoms in total. The summed E-state index contributed by atoms with van der Waals surface area (Å²) in [7, 11) is 1.80. The fourth-order valence-electron chi connectivity index (χ4n) is 2.54. The van der Waals surface area contributed by atoms with Crippen LogP contribution in [0.5, 0.6) is 0 Å². The molecule has 1 N–H and O–H groups in total. The number of hydrogen-bond acceptors (Lipinski definition) is 3. The van der Waals surface area contributed by atoms with Crippen LogP contribution in [0.1, 0.15) is 52.9 Å². The van der Waals surface area contributed by atoms with Gasteiger partial charge in [0.05, 0.1) is 6.61 Å². The first-order chi connectivity index (χ1) is 8.19. The molecule has 0 amide bonds. The van der Waals surface area contributed by atoms with Gasteiger partial charge in [0, 0.05) is 25.7 Å². The minimum Gasteiger partial charge on any atom is -0.383 e. The van der Waals surface area contributed by atoms with Crippen molar-refractivity contribution >= 4 is 0 Å². The fraction of sp³-hybridized carbons (Fsp3) is 1.00. The van der Waals surface area contributed by atoms with Crippen molar-refractivity contribution in [2.45, 2.75) is 65.0 Å². The maximum absolute atomic E-state index is 5.28. The van der Waals surface area contributed by atoms with Crippen LogP contribution in [0.2, 0.25) is 0 Å². The lowest BCUT2D eigenvalue weighted by molar-refractivity contribution is 0.0643. The number of ether oxygens (including phenoxy) is 1. The molecule has 0 aromatic carbocycles. The highest BCUT2D eigenvalue weighted by molar-refractivity contribution is 4.78. The summed E-state index contributed by atoms with van der Waals surface area (Å²) in [6.07, 6.45) is 6.52. The summed E-state index contributed by atoms with van der Waals surface area (Å²) in [5.41, 5.74) is 3.68. The van der Waals surface area contributed by atoms with E-state index in [9.17, 15) is 0 Å². The van der Waals surface area contributed by atoms with Gasteiger partial charge in [-0.1, -0.05) is 26.7 Å². The third kappa shape index (κ3) is 4.94. The Labute approximate surface area is 107 Å². The maximum atomic E-state index is 5.28. The Morgan fingerprint density at radius 1 is 1.41 bits per heavy atom. The van der Waals surface area contributed by atoms with Crippen LogP contribution >= 0.6 is 0 Å². The third-order valence-corrected chi connectivity index (χ3v) is 3.97. The molecule has 1 fully saturated rings. The minimum atomic E-state index is 0.569. The van der Waals surface area contributed by atoms with Crippen LogP contribution in [-0.2, 0) is 4.74 Å². The van der Waals surface area contributed by atoms with Crippen LogP contribution in [0.15, 0.2) is 0 Å². The largest absolute Gasteiger partial charge is 0.383 e. The first kappa shape index (κ1) is 14.9. The second kappa shape index (κ2) is 8.06. The van der Waals surface area contributed by atoms with Crippen molar-refractivity contribution in [3.05, 3.63) is 0 Å². The standard InChI is InChI=1S/C14H30N2O/c1-5-6-8-12(2)13(3)15-16-10-7-9-14(16)11-17-4/h12-15H,5-11H2,1-4H3/t12-,13-,14+/m1/s1. The summed E-state index contributed by atoms with van der Waals surface area (Å²) in [6, 6.07) is 1.14. The Bertz CT molecular complexity index is 199. The monoisotopic (exact) mass is 242 g/mol. The molecular formula is C14H30N2O. The van der Waals surface area contributed by atoms with E-state index in [1.807, 2.05) is 0 Å². The van der Waals surface area contributed by atoms with Gasteiger partial charge in [-0.25, -0.2) is 5.01 Å². The molecule has 0 spiro atoms. The summed E-state index contributed by atoms with van der Waals surface area (Å²) in [4.78, 5) is 0. The Kier molecular flexibility index (Phi) is 7.09. The van der Waals surface area contributed by atoms with Crippen LogP contribution in [0.3, 0.4) is 0 Å².